The van der Waals surface area contributed by atoms with Gasteiger partial charge in [-0.2, -0.15) is 0 Å². The van der Waals surface area contributed by atoms with Crippen molar-refractivity contribution in [3.63, 3.8) is 0 Å². The zero-order chi connectivity index (χ0) is 7.28. The first-order valence-corrected chi connectivity index (χ1v) is 3.58. The van der Waals surface area contributed by atoms with Crippen LogP contribution in [0.2, 0.25) is 0 Å². The largest absolute Gasteiger partial charge is 0.390 e. The molecule has 0 aliphatic rings. The molecule has 0 saturated carbocycles. The molecule has 0 fully saturated rings. The van der Waals surface area contributed by atoms with E-state index in [2.05, 4.69) is 0 Å². The molecule has 0 radical (unpaired) electrons. The zero-order valence-electron chi connectivity index (χ0n) is 6.17. The summed E-state index contributed by atoms with van der Waals surface area (Å²) in [6.45, 7) is 3.86. The average Bonchev–Trinajstić information content (AvgIpc) is 1.87. The molecule has 2 N–H and O–H groups in total. The van der Waals surface area contributed by atoms with Crippen LogP contribution >= 0.6 is 0 Å². The highest BCUT2D eigenvalue weighted by atomic mass is 16.3. The van der Waals surface area contributed by atoms with Gasteiger partial charge in [0.05, 0.1) is 12.2 Å². The van der Waals surface area contributed by atoms with Crippen molar-refractivity contribution in [3.05, 3.63) is 0 Å². The Labute approximate surface area is 56.5 Å². The first-order valence-electron chi connectivity index (χ1n) is 3.58. The minimum atomic E-state index is -0.523. The molecule has 0 aromatic rings. The van der Waals surface area contributed by atoms with E-state index in [1.807, 2.05) is 13.8 Å². The summed E-state index contributed by atoms with van der Waals surface area (Å²) in [5.41, 5.74) is 0. The van der Waals surface area contributed by atoms with Crippen molar-refractivity contribution in [1.82, 2.24) is 0 Å². The monoisotopic (exact) mass is 132 g/mol. The highest BCUT2D eigenvalue weighted by Crippen LogP contribution is 2.04. The molecule has 0 unspecified atom stereocenters. The smallest absolute Gasteiger partial charge is 0.0798 e. The van der Waals surface area contributed by atoms with Crippen molar-refractivity contribution in [2.45, 2.75) is 45.3 Å². The van der Waals surface area contributed by atoms with Crippen molar-refractivity contribution >= 4 is 0 Å². The van der Waals surface area contributed by atoms with E-state index >= 15 is 0 Å². The van der Waals surface area contributed by atoms with Gasteiger partial charge < -0.3 is 10.2 Å². The van der Waals surface area contributed by atoms with Crippen molar-refractivity contribution in [1.29, 1.82) is 0 Å². The Morgan fingerprint density at radius 2 is 1.67 bits per heavy atom. The van der Waals surface area contributed by atoms with Gasteiger partial charge in [-0.1, -0.05) is 20.3 Å². The summed E-state index contributed by atoms with van der Waals surface area (Å²) in [6, 6.07) is 0. The lowest BCUT2D eigenvalue weighted by Crippen LogP contribution is -2.24. The van der Waals surface area contributed by atoms with Crippen LogP contribution in [-0.4, -0.2) is 22.4 Å². The van der Waals surface area contributed by atoms with Gasteiger partial charge in [-0.25, -0.2) is 0 Å². The number of aliphatic hydroxyl groups is 2. The highest BCUT2D eigenvalue weighted by molar-refractivity contribution is 4.63. The molecule has 2 atom stereocenters. The van der Waals surface area contributed by atoms with E-state index in [4.69, 9.17) is 10.2 Å². The minimum absolute atomic E-state index is 0.514. The molecular formula is C7H16O2. The van der Waals surface area contributed by atoms with Gasteiger partial charge in [-0.15, -0.1) is 0 Å². The molecular weight excluding hydrogens is 116 g/mol. The lowest BCUT2D eigenvalue weighted by Gasteiger charge is -2.14. The van der Waals surface area contributed by atoms with Gasteiger partial charge in [0.1, 0.15) is 0 Å². The molecule has 0 bridgehead atoms. The summed E-state index contributed by atoms with van der Waals surface area (Å²) in [7, 11) is 0. The van der Waals surface area contributed by atoms with Gasteiger partial charge in [-0.05, 0) is 12.8 Å². The zero-order valence-corrected chi connectivity index (χ0v) is 6.17. The van der Waals surface area contributed by atoms with E-state index in [9.17, 15) is 0 Å². The average molecular weight is 132 g/mol. The maximum Gasteiger partial charge on any atom is 0.0798 e. The molecule has 0 heterocycles. The molecule has 0 spiro atoms. The first-order chi connectivity index (χ1) is 4.22. The van der Waals surface area contributed by atoms with Crippen LogP contribution in [0.3, 0.4) is 0 Å². The Balaban J connectivity index is 3.32. The van der Waals surface area contributed by atoms with Crippen molar-refractivity contribution in [2.24, 2.45) is 0 Å². The molecule has 56 valence electrons. The molecule has 0 amide bonds. The summed E-state index contributed by atoms with van der Waals surface area (Å²) < 4.78 is 0. The third kappa shape index (κ3) is 3.49. The van der Waals surface area contributed by atoms with Crippen molar-refractivity contribution < 1.29 is 10.2 Å². The van der Waals surface area contributed by atoms with Crippen molar-refractivity contribution in [2.75, 3.05) is 0 Å². The van der Waals surface area contributed by atoms with Gasteiger partial charge in [0, 0.05) is 0 Å². The van der Waals surface area contributed by atoms with E-state index in [0.717, 1.165) is 6.42 Å². The summed E-state index contributed by atoms with van der Waals surface area (Å²) >= 11 is 0. The minimum Gasteiger partial charge on any atom is -0.390 e. The predicted molar refractivity (Wildman–Crippen MR) is 37.2 cm³/mol. The van der Waals surface area contributed by atoms with Crippen LogP contribution in [0.1, 0.15) is 33.1 Å². The Kier molecular flexibility index (Phi) is 4.72. The van der Waals surface area contributed by atoms with Crippen LogP contribution < -0.4 is 0 Å². The van der Waals surface area contributed by atoms with E-state index in [1.165, 1.54) is 0 Å². The quantitative estimate of drug-likeness (QED) is 0.597. The van der Waals surface area contributed by atoms with Gasteiger partial charge in [-0.3, -0.25) is 0 Å². The second kappa shape index (κ2) is 4.77. The summed E-state index contributed by atoms with van der Waals surface area (Å²) in [5, 5.41) is 18.1. The molecule has 0 saturated heterocycles. The third-order valence-corrected chi connectivity index (χ3v) is 1.45. The number of aliphatic hydroxyl groups excluding tert-OH is 2. The van der Waals surface area contributed by atoms with Crippen LogP contribution in [0.15, 0.2) is 0 Å². The lowest BCUT2D eigenvalue weighted by molar-refractivity contribution is 0.0124. The van der Waals surface area contributed by atoms with E-state index in [1.54, 1.807) is 0 Å². The van der Waals surface area contributed by atoms with E-state index < -0.39 is 12.2 Å². The molecule has 0 aliphatic heterocycles. The first kappa shape index (κ1) is 8.92. The van der Waals surface area contributed by atoms with Crippen LogP contribution in [0.4, 0.5) is 0 Å². The van der Waals surface area contributed by atoms with Crippen LogP contribution in [0.25, 0.3) is 0 Å². The lowest BCUT2D eigenvalue weighted by atomic mass is 10.1. The standard InChI is InChI=1S/C7H16O2/c1-3-5-7(9)6(8)4-2/h6-9H,3-5H2,1-2H3/t6-,7+/m0/s1. The van der Waals surface area contributed by atoms with Gasteiger partial charge in [0.2, 0.25) is 0 Å². The second-order valence-corrected chi connectivity index (χ2v) is 2.33. The Hall–Kier alpha value is -0.0800. The summed E-state index contributed by atoms with van der Waals surface area (Å²) in [4.78, 5) is 0. The number of hydrogen-bond acceptors (Lipinski definition) is 2. The molecule has 0 aromatic carbocycles. The van der Waals surface area contributed by atoms with Crippen molar-refractivity contribution in [3.8, 4) is 0 Å². The Morgan fingerprint density at radius 1 is 1.11 bits per heavy atom. The molecule has 2 nitrogen and oxygen atoms in total. The molecule has 0 rings (SSSR count). The maximum atomic E-state index is 9.07. The van der Waals surface area contributed by atoms with Gasteiger partial charge in [0.15, 0.2) is 0 Å². The third-order valence-electron chi connectivity index (χ3n) is 1.45. The maximum absolute atomic E-state index is 9.07. The van der Waals surface area contributed by atoms with Gasteiger partial charge >= 0.3 is 0 Å². The fraction of sp³-hybridized carbons (Fsp3) is 1.00. The molecule has 0 aliphatic carbocycles. The number of hydrogen-bond donors (Lipinski definition) is 2. The SMILES string of the molecule is CCC[C@@H](O)[C@@H](O)CC. The molecule has 2 heteroatoms. The highest BCUT2D eigenvalue weighted by Gasteiger charge is 2.11. The fourth-order valence-electron chi connectivity index (χ4n) is 0.760. The second-order valence-electron chi connectivity index (χ2n) is 2.33. The summed E-state index contributed by atoms with van der Waals surface area (Å²) in [5.74, 6) is 0. The van der Waals surface area contributed by atoms with Gasteiger partial charge in [0.25, 0.3) is 0 Å². The Bertz CT molecular complexity index is 63.9. The predicted octanol–water partition coefficient (Wildman–Crippen LogP) is 0.918. The molecule has 9 heavy (non-hydrogen) atoms. The number of rotatable bonds is 4. The normalized spacial score (nSPS) is 17.3. The van der Waals surface area contributed by atoms with E-state index in [-0.39, 0.29) is 0 Å². The molecule has 0 aromatic heterocycles. The van der Waals surface area contributed by atoms with Crippen LogP contribution in [-0.2, 0) is 0 Å². The van der Waals surface area contributed by atoms with Crippen LogP contribution in [0, 0.1) is 0 Å². The van der Waals surface area contributed by atoms with E-state index in [0.29, 0.717) is 12.8 Å². The topological polar surface area (TPSA) is 40.5 Å². The van der Waals surface area contributed by atoms with Crippen LogP contribution in [0.5, 0.6) is 0 Å². The Morgan fingerprint density at radius 3 is 2.00 bits per heavy atom. The summed E-state index contributed by atoms with van der Waals surface area (Å²) in [6.07, 6.45) is 1.24. The fourth-order valence-corrected chi connectivity index (χ4v) is 0.760.